The van der Waals surface area contributed by atoms with Crippen LogP contribution in [0.4, 0.5) is 5.69 Å². The van der Waals surface area contributed by atoms with Crippen LogP contribution in [0.5, 0.6) is 5.75 Å². The molecule has 0 saturated heterocycles. The molecular weight excluding hydrogens is 402 g/mol. The Morgan fingerprint density at radius 3 is 2.53 bits per heavy atom. The number of amides is 2. The molecule has 0 aromatic heterocycles. The van der Waals surface area contributed by atoms with E-state index in [4.69, 9.17) is 16.3 Å². The fourth-order valence-corrected chi connectivity index (χ4v) is 3.54. The fourth-order valence-electron chi connectivity index (χ4n) is 3.37. The van der Waals surface area contributed by atoms with Crippen molar-refractivity contribution >= 4 is 29.1 Å². The average molecular weight is 422 g/mol. The molecule has 3 aromatic carbocycles. The fraction of sp³-hybridized carbons (Fsp3) is 0.130. The third kappa shape index (κ3) is 4.09. The second-order valence-electron chi connectivity index (χ2n) is 6.88. The lowest BCUT2D eigenvalue weighted by molar-refractivity contribution is -0.125. The first-order valence-electron chi connectivity index (χ1n) is 9.42. The lowest BCUT2D eigenvalue weighted by Crippen LogP contribution is -2.53. The van der Waals surface area contributed by atoms with Gasteiger partial charge < -0.3 is 10.1 Å². The van der Waals surface area contributed by atoms with E-state index in [0.717, 1.165) is 11.1 Å². The molecule has 1 atom stereocenters. The van der Waals surface area contributed by atoms with Gasteiger partial charge in [-0.05, 0) is 41.5 Å². The molecule has 1 aliphatic heterocycles. The number of rotatable bonds is 5. The number of nitrogens with one attached hydrogen (secondary N) is 2. The molecule has 0 saturated carbocycles. The third-order valence-electron chi connectivity index (χ3n) is 4.87. The maximum Gasteiger partial charge on any atom is 0.276 e. The topological polar surface area (TPSA) is 70.7 Å². The summed E-state index contributed by atoms with van der Waals surface area (Å²) in [5, 5.41) is 5.08. The second-order valence-corrected chi connectivity index (χ2v) is 7.32. The van der Waals surface area contributed by atoms with E-state index in [2.05, 4.69) is 10.7 Å². The lowest BCUT2D eigenvalue weighted by atomic mass is 10.0. The summed E-state index contributed by atoms with van der Waals surface area (Å²) >= 11 is 6.09. The maximum atomic E-state index is 13.3. The van der Waals surface area contributed by atoms with Crippen molar-refractivity contribution < 1.29 is 14.3 Å². The first-order chi connectivity index (χ1) is 14.5. The molecule has 0 radical (unpaired) electrons. The number of fused-ring (bicyclic) bond motifs is 1. The molecule has 1 aliphatic rings. The van der Waals surface area contributed by atoms with Gasteiger partial charge >= 0.3 is 0 Å². The van der Waals surface area contributed by atoms with E-state index in [1.165, 1.54) is 5.01 Å². The van der Waals surface area contributed by atoms with Crippen molar-refractivity contribution in [1.82, 2.24) is 10.4 Å². The summed E-state index contributed by atoms with van der Waals surface area (Å²) in [7, 11) is 1.59. The van der Waals surface area contributed by atoms with Crippen LogP contribution in [-0.4, -0.2) is 23.9 Å². The molecule has 4 rings (SSSR count). The highest BCUT2D eigenvalue weighted by Crippen LogP contribution is 2.34. The summed E-state index contributed by atoms with van der Waals surface area (Å²) in [5.41, 5.74) is 5.46. The minimum absolute atomic E-state index is 0.155. The molecule has 0 fully saturated rings. The molecule has 3 aromatic rings. The van der Waals surface area contributed by atoms with Crippen molar-refractivity contribution in [3.8, 4) is 5.75 Å². The van der Waals surface area contributed by atoms with E-state index in [9.17, 15) is 9.59 Å². The number of ether oxygens (including phenoxy) is 1. The molecule has 30 heavy (non-hydrogen) atoms. The van der Waals surface area contributed by atoms with E-state index in [1.54, 1.807) is 25.3 Å². The average Bonchev–Trinajstić information content (AvgIpc) is 2.77. The molecule has 6 nitrogen and oxygen atoms in total. The van der Waals surface area contributed by atoms with Gasteiger partial charge in [-0.2, -0.15) is 0 Å². The predicted molar refractivity (Wildman–Crippen MR) is 115 cm³/mol. The van der Waals surface area contributed by atoms with Crippen molar-refractivity contribution in [1.29, 1.82) is 0 Å². The number of halogens is 1. The van der Waals surface area contributed by atoms with Crippen LogP contribution < -0.4 is 15.5 Å². The Kier molecular flexibility index (Phi) is 5.59. The zero-order valence-electron chi connectivity index (χ0n) is 16.3. The van der Waals surface area contributed by atoms with Gasteiger partial charge in [0.1, 0.15) is 11.9 Å². The van der Waals surface area contributed by atoms with Gasteiger partial charge in [-0.1, -0.05) is 54.1 Å². The van der Waals surface area contributed by atoms with Gasteiger partial charge in [0.05, 0.1) is 19.1 Å². The van der Waals surface area contributed by atoms with Crippen LogP contribution in [0.25, 0.3) is 0 Å². The first-order valence-corrected chi connectivity index (χ1v) is 9.80. The van der Waals surface area contributed by atoms with Crippen molar-refractivity contribution in [2.75, 3.05) is 12.4 Å². The van der Waals surface area contributed by atoms with Gasteiger partial charge in [-0.25, -0.2) is 5.01 Å². The van der Waals surface area contributed by atoms with Gasteiger partial charge in [-0.15, -0.1) is 0 Å². The van der Waals surface area contributed by atoms with Crippen LogP contribution in [0.15, 0.2) is 72.8 Å². The van der Waals surface area contributed by atoms with Gasteiger partial charge in [0.25, 0.3) is 5.91 Å². The number of nitrogens with zero attached hydrogens (tertiary/aromatic N) is 1. The molecular formula is C23H20ClN3O3. The highest BCUT2D eigenvalue weighted by Gasteiger charge is 2.34. The number of anilines is 1. The van der Waals surface area contributed by atoms with Gasteiger partial charge in [-0.3, -0.25) is 15.0 Å². The van der Waals surface area contributed by atoms with E-state index < -0.39 is 6.17 Å². The normalized spacial score (nSPS) is 15.2. The molecule has 0 aliphatic carbocycles. The Hall–Kier alpha value is -3.51. The van der Waals surface area contributed by atoms with Gasteiger partial charge in [0.15, 0.2) is 0 Å². The smallest absolute Gasteiger partial charge is 0.276 e. The standard InChI is InChI=1S/C23H20ClN3O3/c1-30-18-10-7-16(8-11-18)22-25-20-12-9-17(24)14-19(20)23(29)27(22)26-21(28)13-15-5-3-2-4-6-15/h2-12,14,22,25H,13H2,1H3,(H,26,28). The number of methoxy groups -OCH3 is 1. The Balaban J connectivity index is 1.65. The molecule has 2 amide bonds. The second kappa shape index (κ2) is 8.47. The molecule has 152 valence electrons. The Morgan fingerprint density at radius 2 is 1.83 bits per heavy atom. The summed E-state index contributed by atoms with van der Waals surface area (Å²) in [6, 6.07) is 21.7. The number of hydrogen-bond donors (Lipinski definition) is 2. The number of hydrogen-bond acceptors (Lipinski definition) is 4. The molecule has 2 N–H and O–H groups in total. The minimum atomic E-state index is -0.586. The van der Waals surface area contributed by atoms with Crippen LogP contribution in [0.2, 0.25) is 5.02 Å². The van der Waals surface area contributed by atoms with Crippen LogP contribution in [0.3, 0.4) is 0 Å². The summed E-state index contributed by atoms with van der Waals surface area (Å²) in [4.78, 5) is 26.0. The zero-order chi connectivity index (χ0) is 21.1. The van der Waals surface area contributed by atoms with Gasteiger partial charge in [0, 0.05) is 10.7 Å². The van der Waals surface area contributed by atoms with Crippen molar-refractivity contribution in [3.05, 3.63) is 94.5 Å². The monoisotopic (exact) mass is 421 g/mol. The van der Waals surface area contributed by atoms with Crippen LogP contribution in [-0.2, 0) is 11.2 Å². The van der Waals surface area contributed by atoms with Crippen LogP contribution in [0.1, 0.15) is 27.7 Å². The Bertz CT molecular complexity index is 1070. The van der Waals surface area contributed by atoms with E-state index in [-0.39, 0.29) is 18.2 Å². The lowest BCUT2D eigenvalue weighted by Gasteiger charge is -2.38. The van der Waals surface area contributed by atoms with E-state index in [1.807, 2.05) is 54.6 Å². The van der Waals surface area contributed by atoms with Crippen molar-refractivity contribution in [2.24, 2.45) is 0 Å². The van der Waals surface area contributed by atoms with E-state index >= 15 is 0 Å². The molecule has 0 spiro atoms. The number of hydrazine groups is 1. The Morgan fingerprint density at radius 1 is 1.10 bits per heavy atom. The summed E-state index contributed by atoms with van der Waals surface area (Å²) in [6.45, 7) is 0. The van der Waals surface area contributed by atoms with Crippen molar-refractivity contribution in [2.45, 2.75) is 12.6 Å². The quantitative estimate of drug-likeness (QED) is 0.648. The highest BCUT2D eigenvalue weighted by molar-refractivity contribution is 6.31. The zero-order valence-corrected chi connectivity index (χ0v) is 17.0. The maximum absolute atomic E-state index is 13.3. The molecule has 1 unspecified atom stereocenters. The molecule has 0 bridgehead atoms. The number of carbonyl (C=O) groups is 2. The summed E-state index contributed by atoms with van der Waals surface area (Å²) in [6.07, 6.45) is -0.431. The number of carbonyl (C=O) groups excluding carboxylic acids is 2. The van der Waals surface area contributed by atoms with Crippen LogP contribution in [0, 0.1) is 0 Å². The first kappa shape index (κ1) is 19.8. The van der Waals surface area contributed by atoms with Crippen LogP contribution >= 0.6 is 11.6 Å². The largest absolute Gasteiger partial charge is 0.497 e. The molecule has 7 heteroatoms. The summed E-state index contributed by atoms with van der Waals surface area (Å²) in [5.74, 6) is 0.0709. The summed E-state index contributed by atoms with van der Waals surface area (Å²) < 4.78 is 5.22. The highest BCUT2D eigenvalue weighted by atomic mass is 35.5. The predicted octanol–water partition coefficient (Wildman–Crippen LogP) is 4.19. The minimum Gasteiger partial charge on any atom is -0.497 e. The van der Waals surface area contributed by atoms with Gasteiger partial charge in [0.2, 0.25) is 5.91 Å². The molecule has 1 heterocycles. The number of benzene rings is 3. The third-order valence-corrected chi connectivity index (χ3v) is 5.10. The Labute approximate surface area is 179 Å². The van der Waals surface area contributed by atoms with Crippen molar-refractivity contribution in [3.63, 3.8) is 0 Å². The van der Waals surface area contributed by atoms with E-state index in [0.29, 0.717) is 22.0 Å². The SMILES string of the molecule is COc1ccc(C2Nc3ccc(Cl)cc3C(=O)N2NC(=O)Cc2ccccc2)cc1.